The summed E-state index contributed by atoms with van der Waals surface area (Å²) in [5.74, 6) is 0.908. The van der Waals surface area contributed by atoms with Crippen LogP contribution >= 0.6 is 0 Å². The summed E-state index contributed by atoms with van der Waals surface area (Å²) in [4.78, 5) is 6.44. The van der Waals surface area contributed by atoms with Crippen molar-refractivity contribution in [2.75, 3.05) is 23.7 Å². The molecule has 0 spiro atoms. The van der Waals surface area contributed by atoms with Gasteiger partial charge in [0.05, 0.1) is 5.60 Å². The maximum Gasteiger partial charge on any atom is 0.130 e. The molecule has 1 aromatic heterocycles. The molecule has 3 N–H and O–H groups in total. The van der Waals surface area contributed by atoms with Crippen LogP contribution in [0.4, 0.5) is 11.5 Å². The first-order valence-electron chi connectivity index (χ1n) is 5.26. The Morgan fingerprint density at radius 1 is 1.47 bits per heavy atom. The number of anilines is 2. The van der Waals surface area contributed by atoms with E-state index in [4.69, 9.17) is 5.73 Å². The Hall–Kier alpha value is -1.29. The number of hydrogen-bond donors (Lipinski definition) is 2. The van der Waals surface area contributed by atoms with Crippen LogP contribution in [0, 0.1) is 0 Å². The molecule has 0 unspecified atom stereocenters. The van der Waals surface area contributed by atoms with Gasteiger partial charge in [0.1, 0.15) is 5.82 Å². The van der Waals surface area contributed by atoms with Crippen molar-refractivity contribution in [2.45, 2.75) is 25.4 Å². The van der Waals surface area contributed by atoms with Crippen molar-refractivity contribution < 1.29 is 5.11 Å². The largest absolute Gasteiger partial charge is 0.399 e. The van der Waals surface area contributed by atoms with Crippen molar-refractivity contribution in [3.63, 3.8) is 0 Å². The Balaban J connectivity index is 2.08. The van der Waals surface area contributed by atoms with E-state index in [9.17, 15) is 5.11 Å². The van der Waals surface area contributed by atoms with Gasteiger partial charge in [-0.05, 0) is 25.8 Å². The third-order valence-electron chi connectivity index (χ3n) is 2.93. The number of nitrogen functional groups attached to an aromatic ring is 1. The molecule has 0 amide bonds. The number of piperidine rings is 1. The second-order valence-electron chi connectivity index (χ2n) is 4.43. The highest BCUT2D eigenvalue weighted by Crippen LogP contribution is 2.25. The standard InChI is InChI=1S/C11H17N3O/c1-11(15)3-6-14(7-4-11)10-8-9(12)2-5-13-10/h2,5,8,15H,3-4,6-7H2,1H3,(H2,12,13). The van der Waals surface area contributed by atoms with Gasteiger partial charge in [-0.1, -0.05) is 0 Å². The van der Waals surface area contributed by atoms with Crippen molar-refractivity contribution in [1.82, 2.24) is 4.98 Å². The highest BCUT2D eigenvalue weighted by molar-refractivity contribution is 5.50. The topological polar surface area (TPSA) is 62.4 Å². The van der Waals surface area contributed by atoms with E-state index >= 15 is 0 Å². The van der Waals surface area contributed by atoms with Gasteiger partial charge in [-0.3, -0.25) is 0 Å². The van der Waals surface area contributed by atoms with Crippen LogP contribution in [0.25, 0.3) is 0 Å². The van der Waals surface area contributed by atoms with Crippen LogP contribution in [0.5, 0.6) is 0 Å². The van der Waals surface area contributed by atoms with Gasteiger partial charge in [0.15, 0.2) is 0 Å². The third kappa shape index (κ3) is 2.39. The van der Waals surface area contributed by atoms with E-state index in [-0.39, 0.29) is 0 Å². The average molecular weight is 207 g/mol. The van der Waals surface area contributed by atoms with E-state index in [0.29, 0.717) is 0 Å². The molecular formula is C11H17N3O. The zero-order chi connectivity index (χ0) is 10.9. The van der Waals surface area contributed by atoms with E-state index in [1.165, 1.54) is 0 Å². The molecule has 4 nitrogen and oxygen atoms in total. The highest BCUT2D eigenvalue weighted by Gasteiger charge is 2.27. The number of aromatic nitrogens is 1. The van der Waals surface area contributed by atoms with Gasteiger partial charge >= 0.3 is 0 Å². The van der Waals surface area contributed by atoms with Crippen LogP contribution in [0.1, 0.15) is 19.8 Å². The molecule has 0 aliphatic carbocycles. The number of pyridine rings is 1. The lowest BCUT2D eigenvalue weighted by molar-refractivity contribution is 0.0350. The summed E-state index contributed by atoms with van der Waals surface area (Å²) >= 11 is 0. The molecule has 1 aliphatic heterocycles. The second kappa shape index (κ2) is 3.70. The number of hydrogen-bond acceptors (Lipinski definition) is 4. The van der Waals surface area contributed by atoms with Crippen molar-refractivity contribution in [3.05, 3.63) is 18.3 Å². The molecule has 1 aromatic rings. The molecule has 1 saturated heterocycles. The minimum atomic E-state index is -0.517. The lowest BCUT2D eigenvalue weighted by Crippen LogP contribution is -2.42. The summed E-state index contributed by atoms with van der Waals surface area (Å²) in [7, 11) is 0. The van der Waals surface area contributed by atoms with Gasteiger partial charge in [-0.25, -0.2) is 4.98 Å². The monoisotopic (exact) mass is 207 g/mol. The zero-order valence-electron chi connectivity index (χ0n) is 8.98. The van der Waals surface area contributed by atoms with Crippen molar-refractivity contribution in [3.8, 4) is 0 Å². The zero-order valence-corrected chi connectivity index (χ0v) is 8.98. The molecule has 0 atom stereocenters. The third-order valence-corrected chi connectivity index (χ3v) is 2.93. The summed E-state index contributed by atoms with van der Waals surface area (Å²) in [5.41, 5.74) is 5.92. The van der Waals surface area contributed by atoms with E-state index in [1.807, 2.05) is 13.0 Å². The SMILES string of the molecule is CC1(O)CCN(c2cc(N)ccn2)CC1. The Bertz CT molecular complexity index is 341. The summed E-state index contributed by atoms with van der Waals surface area (Å²) in [6.07, 6.45) is 3.28. The molecule has 0 saturated carbocycles. The van der Waals surface area contributed by atoms with Gasteiger partial charge in [0.25, 0.3) is 0 Å². The van der Waals surface area contributed by atoms with Gasteiger partial charge in [-0.2, -0.15) is 0 Å². The van der Waals surface area contributed by atoms with Gasteiger partial charge < -0.3 is 15.7 Å². The number of rotatable bonds is 1. The van der Waals surface area contributed by atoms with E-state index in [1.54, 1.807) is 12.3 Å². The number of nitrogens with zero attached hydrogens (tertiary/aromatic N) is 2. The van der Waals surface area contributed by atoms with Gasteiger partial charge in [0, 0.05) is 31.0 Å². The second-order valence-corrected chi connectivity index (χ2v) is 4.43. The van der Waals surface area contributed by atoms with Crippen molar-refractivity contribution in [2.24, 2.45) is 0 Å². The Morgan fingerprint density at radius 3 is 2.73 bits per heavy atom. The fourth-order valence-electron chi connectivity index (χ4n) is 1.82. The first kappa shape index (κ1) is 10.2. The van der Waals surface area contributed by atoms with Crippen molar-refractivity contribution in [1.29, 1.82) is 0 Å². The lowest BCUT2D eigenvalue weighted by Gasteiger charge is -2.36. The van der Waals surface area contributed by atoms with Crippen LogP contribution in [-0.4, -0.2) is 28.8 Å². The van der Waals surface area contributed by atoms with Crippen LogP contribution in [0.2, 0.25) is 0 Å². The molecule has 0 bridgehead atoms. The molecule has 15 heavy (non-hydrogen) atoms. The molecular weight excluding hydrogens is 190 g/mol. The lowest BCUT2D eigenvalue weighted by atomic mass is 9.94. The molecule has 0 aromatic carbocycles. The molecule has 2 heterocycles. The summed E-state index contributed by atoms with van der Waals surface area (Å²) in [6.45, 7) is 3.56. The predicted molar refractivity (Wildman–Crippen MR) is 60.7 cm³/mol. The summed E-state index contributed by atoms with van der Waals surface area (Å²) < 4.78 is 0. The molecule has 4 heteroatoms. The van der Waals surface area contributed by atoms with Gasteiger partial charge in [0.2, 0.25) is 0 Å². The van der Waals surface area contributed by atoms with Crippen LogP contribution in [0.3, 0.4) is 0 Å². The van der Waals surface area contributed by atoms with E-state index in [2.05, 4.69) is 9.88 Å². The minimum absolute atomic E-state index is 0.517. The molecule has 1 aliphatic rings. The quantitative estimate of drug-likeness (QED) is 0.721. The Kier molecular flexibility index (Phi) is 2.52. The maximum atomic E-state index is 9.82. The maximum absolute atomic E-state index is 9.82. The normalized spacial score (nSPS) is 20.3. The Morgan fingerprint density at radius 2 is 2.13 bits per heavy atom. The predicted octanol–water partition coefficient (Wildman–Crippen LogP) is 1.02. The summed E-state index contributed by atoms with van der Waals surface area (Å²) in [5, 5.41) is 9.82. The van der Waals surface area contributed by atoms with E-state index < -0.39 is 5.60 Å². The first-order valence-corrected chi connectivity index (χ1v) is 5.26. The smallest absolute Gasteiger partial charge is 0.130 e. The number of aliphatic hydroxyl groups is 1. The fourth-order valence-corrected chi connectivity index (χ4v) is 1.82. The van der Waals surface area contributed by atoms with Crippen molar-refractivity contribution >= 4 is 11.5 Å². The molecule has 82 valence electrons. The van der Waals surface area contributed by atoms with E-state index in [0.717, 1.165) is 37.4 Å². The molecule has 1 fully saturated rings. The molecule has 2 rings (SSSR count). The number of nitrogens with two attached hydrogens (primary N) is 1. The molecule has 0 radical (unpaired) electrons. The highest BCUT2D eigenvalue weighted by atomic mass is 16.3. The average Bonchev–Trinajstić information content (AvgIpc) is 2.17. The Labute approximate surface area is 89.7 Å². The first-order chi connectivity index (χ1) is 7.07. The van der Waals surface area contributed by atoms with Crippen LogP contribution < -0.4 is 10.6 Å². The fraction of sp³-hybridized carbons (Fsp3) is 0.545. The van der Waals surface area contributed by atoms with Gasteiger partial charge in [-0.15, -0.1) is 0 Å². The minimum Gasteiger partial charge on any atom is -0.399 e. The summed E-state index contributed by atoms with van der Waals surface area (Å²) in [6, 6.07) is 3.66. The van der Waals surface area contributed by atoms with Crippen LogP contribution in [0.15, 0.2) is 18.3 Å². The van der Waals surface area contributed by atoms with Crippen LogP contribution in [-0.2, 0) is 0 Å².